The van der Waals surface area contributed by atoms with Crippen molar-refractivity contribution in [1.82, 2.24) is 24.5 Å². The van der Waals surface area contributed by atoms with Gasteiger partial charge in [0.25, 0.3) is 10.1 Å². The van der Waals surface area contributed by atoms with Crippen molar-refractivity contribution < 1.29 is 13.0 Å². The molecule has 3 aromatic heterocycles. The van der Waals surface area contributed by atoms with Gasteiger partial charge >= 0.3 is 0 Å². The van der Waals surface area contributed by atoms with Crippen molar-refractivity contribution in [2.24, 2.45) is 5.92 Å². The maximum Gasteiger partial charge on any atom is 0.261 e. The van der Waals surface area contributed by atoms with Gasteiger partial charge in [-0.1, -0.05) is 65.0 Å². The van der Waals surface area contributed by atoms with Gasteiger partial charge in [-0.25, -0.2) is 15.0 Å². The number of pyridine rings is 1. The maximum atomic E-state index is 9.19. The lowest BCUT2D eigenvalue weighted by molar-refractivity contribution is 0.490. The van der Waals surface area contributed by atoms with E-state index in [1.807, 2.05) is 36.7 Å². The number of hydrogen-bond acceptors (Lipinski definition) is 5. The number of imidazole rings is 2. The molecule has 0 radical (unpaired) electrons. The van der Waals surface area contributed by atoms with Gasteiger partial charge in [0.1, 0.15) is 11.3 Å². The lowest BCUT2D eigenvalue weighted by Crippen LogP contribution is -2.13. The number of aromatic amines is 1. The highest BCUT2D eigenvalue weighted by molar-refractivity contribution is 7.85. The summed E-state index contributed by atoms with van der Waals surface area (Å²) in [5.74, 6) is 1.49. The summed E-state index contributed by atoms with van der Waals surface area (Å²) in [4.78, 5) is 18.0. The molecule has 0 atom stereocenters. The summed E-state index contributed by atoms with van der Waals surface area (Å²) in [6.45, 7) is 11.8. The molecule has 0 aliphatic heterocycles. The Morgan fingerprint density at radius 2 is 1.70 bits per heavy atom. The van der Waals surface area contributed by atoms with Crippen LogP contribution in [0.2, 0.25) is 0 Å². The second kappa shape index (κ2) is 9.44. The molecule has 0 saturated heterocycles. The van der Waals surface area contributed by atoms with Gasteiger partial charge < -0.3 is 9.55 Å². The third-order valence-corrected chi connectivity index (χ3v) is 4.74. The molecule has 8 nitrogen and oxygen atoms in total. The summed E-state index contributed by atoms with van der Waals surface area (Å²) in [5, 5.41) is 0. The van der Waals surface area contributed by atoms with E-state index < -0.39 is 10.1 Å². The molecule has 3 heterocycles. The number of nitrogens with one attached hydrogen (secondary N) is 1. The average molecular weight is 470 g/mol. The van der Waals surface area contributed by atoms with Crippen LogP contribution in [0.1, 0.15) is 40.4 Å². The van der Waals surface area contributed by atoms with E-state index in [-0.39, 0.29) is 5.41 Å². The van der Waals surface area contributed by atoms with Crippen LogP contribution < -0.4 is 0 Å². The third kappa shape index (κ3) is 6.49. The number of rotatable bonds is 4. The zero-order valence-corrected chi connectivity index (χ0v) is 20.7. The molecule has 176 valence electrons. The minimum atomic E-state index is -3.67. The molecule has 0 unspecified atom stereocenters. The zero-order valence-electron chi connectivity index (χ0n) is 19.9. The van der Waals surface area contributed by atoms with E-state index in [0.29, 0.717) is 12.2 Å². The fraction of sp³-hybridized carbons (Fsp3) is 0.375. The van der Waals surface area contributed by atoms with E-state index in [2.05, 4.69) is 61.3 Å². The number of nitrogens with zero attached hydrogens (tertiary/aromatic N) is 4. The fourth-order valence-corrected chi connectivity index (χ4v) is 3.32. The largest absolute Gasteiger partial charge is 0.340 e. The Bertz CT molecular complexity index is 1330. The van der Waals surface area contributed by atoms with Crippen LogP contribution in [0.25, 0.3) is 33.8 Å². The monoisotopic (exact) mass is 469 g/mol. The molecular formula is C24H31N5O3S. The molecule has 0 aliphatic rings. The first kappa shape index (κ1) is 24.6. The van der Waals surface area contributed by atoms with Gasteiger partial charge in [0.2, 0.25) is 0 Å². The highest BCUT2D eigenvalue weighted by Crippen LogP contribution is 2.33. The van der Waals surface area contributed by atoms with Crippen molar-refractivity contribution >= 4 is 21.3 Å². The SMILES string of the molecule is CC(C)Cn1cnc2ccc(-c3[nH]c(C(C)(C)C)nc3-c3ccccc3)nc21.CS(=O)(=O)O. The molecular weight excluding hydrogens is 438 g/mol. The molecule has 0 aliphatic carbocycles. The van der Waals surface area contributed by atoms with Crippen LogP contribution in [0.5, 0.6) is 0 Å². The smallest absolute Gasteiger partial charge is 0.261 e. The van der Waals surface area contributed by atoms with Gasteiger partial charge in [-0.15, -0.1) is 0 Å². The second-order valence-electron chi connectivity index (χ2n) is 9.49. The van der Waals surface area contributed by atoms with Crippen LogP contribution in [0.3, 0.4) is 0 Å². The van der Waals surface area contributed by atoms with Gasteiger partial charge in [0, 0.05) is 17.5 Å². The average Bonchev–Trinajstić information content (AvgIpc) is 3.31. The van der Waals surface area contributed by atoms with Crippen LogP contribution in [0, 0.1) is 5.92 Å². The molecule has 4 rings (SSSR count). The molecule has 2 N–H and O–H groups in total. The summed E-state index contributed by atoms with van der Waals surface area (Å²) in [6, 6.07) is 14.4. The van der Waals surface area contributed by atoms with Crippen molar-refractivity contribution in [2.45, 2.75) is 46.6 Å². The summed E-state index contributed by atoms with van der Waals surface area (Å²) in [7, 11) is -3.67. The minimum absolute atomic E-state index is 0.0781. The molecule has 0 saturated carbocycles. The summed E-state index contributed by atoms with van der Waals surface area (Å²) >= 11 is 0. The summed E-state index contributed by atoms with van der Waals surface area (Å²) < 4.78 is 28.0. The van der Waals surface area contributed by atoms with Crippen LogP contribution in [0.4, 0.5) is 0 Å². The van der Waals surface area contributed by atoms with Gasteiger partial charge in [-0.05, 0) is 18.1 Å². The van der Waals surface area contributed by atoms with E-state index >= 15 is 0 Å². The van der Waals surface area contributed by atoms with Crippen LogP contribution in [0.15, 0.2) is 48.8 Å². The Morgan fingerprint density at radius 1 is 1.06 bits per heavy atom. The Hall–Kier alpha value is -3.04. The first-order chi connectivity index (χ1) is 15.3. The highest BCUT2D eigenvalue weighted by Gasteiger charge is 2.23. The summed E-state index contributed by atoms with van der Waals surface area (Å²) in [6.07, 6.45) is 2.60. The lowest BCUT2D eigenvalue weighted by atomic mass is 9.96. The minimum Gasteiger partial charge on any atom is -0.340 e. The van der Waals surface area contributed by atoms with Crippen LogP contribution in [-0.4, -0.2) is 43.7 Å². The van der Waals surface area contributed by atoms with Crippen molar-refractivity contribution in [3.8, 4) is 22.6 Å². The van der Waals surface area contributed by atoms with E-state index in [4.69, 9.17) is 14.5 Å². The highest BCUT2D eigenvalue weighted by atomic mass is 32.2. The van der Waals surface area contributed by atoms with Gasteiger partial charge in [-0.3, -0.25) is 4.55 Å². The number of H-pyrrole nitrogens is 1. The summed E-state index contributed by atoms with van der Waals surface area (Å²) in [5.41, 5.74) is 5.62. The predicted octanol–water partition coefficient (Wildman–Crippen LogP) is 4.95. The Morgan fingerprint density at radius 3 is 2.27 bits per heavy atom. The van der Waals surface area contributed by atoms with Gasteiger partial charge in [0.15, 0.2) is 5.65 Å². The van der Waals surface area contributed by atoms with Crippen LogP contribution in [-0.2, 0) is 22.1 Å². The Kier molecular flexibility index (Phi) is 7.04. The number of benzene rings is 1. The third-order valence-electron chi connectivity index (χ3n) is 4.74. The molecule has 0 fully saturated rings. The molecule has 0 amide bonds. The van der Waals surface area contributed by atoms with Crippen molar-refractivity contribution in [3.63, 3.8) is 0 Å². The van der Waals surface area contributed by atoms with Crippen LogP contribution >= 0.6 is 0 Å². The van der Waals surface area contributed by atoms with E-state index in [1.165, 1.54) is 0 Å². The topological polar surface area (TPSA) is 114 Å². The number of fused-ring (bicyclic) bond motifs is 1. The second-order valence-corrected chi connectivity index (χ2v) is 11.0. The van der Waals surface area contributed by atoms with E-state index in [1.54, 1.807) is 0 Å². The fourth-order valence-electron chi connectivity index (χ4n) is 3.32. The van der Waals surface area contributed by atoms with Crippen molar-refractivity contribution in [3.05, 3.63) is 54.6 Å². The molecule has 0 spiro atoms. The molecule has 0 bridgehead atoms. The normalized spacial score (nSPS) is 12.1. The quantitative estimate of drug-likeness (QED) is 0.409. The lowest BCUT2D eigenvalue weighted by Gasteiger charge is -2.14. The Labute approximate surface area is 194 Å². The standard InChI is InChI=1S/C23H27N5.CH4O3S/c1-15(2)13-28-14-24-18-12-11-17(25-21(18)28)20-19(16-9-7-6-8-10-16)26-22(27-20)23(3,4)5;1-5(2,3)4/h6-12,14-15H,13H2,1-5H3,(H,26,27);1H3,(H,2,3,4). The number of aromatic nitrogens is 5. The molecule has 1 aromatic carbocycles. The van der Waals surface area contributed by atoms with Gasteiger partial charge in [-0.2, -0.15) is 8.42 Å². The maximum absolute atomic E-state index is 9.19. The number of hydrogen-bond donors (Lipinski definition) is 2. The van der Waals surface area contributed by atoms with E-state index in [9.17, 15) is 8.42 Å². The first-order valence-electron chi connectivity index (χ1n) is 10.7. The predicted molar refractivity (Wildman–Crippen MR) is 132 cm³/mol. The molecule has 9 heteroatoms. The molecule has 33 heavy (non-hydrogen) atoms. The van der Waals surface area contributed by atoms with E-state index in [0.717, 1.165) is 46.2 Å². The molecule has 4 aromatic rings. The first-order valence-corrected chi connectivity index (χ1v) is 12.6. The van der Waals surface area contributed by atoms with Crippen molar-refractivity contribution in [1.29, 1.82) is 0 Å². The van der Waals surface area contributed by atoms with Gasteiger partial charge in [0.05, 0.1) is 29.7 Å². The Balaban J connectivity index is 0.000000555. The van der Waals surface area contributed by atoms with Crippen molar-refractivity contribution in [2.75, 3.05) is 6.26 Å². The zero-order chi connectivity index (χ0) is 24.4.